The summed E-state index contributed by atoms with van der Waals surface area (Å²) in [7, 11) is 0. The highest BCUT2D eigenvalue weighted by atomic mass is 35.5. The van der Waals surface area contributed by atoms with Crippen LogP contribution in [-0.4, -0.2) is 5.88 Å². The summed E-state index contributed by atoms with van der Waals surface area (Å²) in [6.07, 6.45) is 2.45. The largest absolute Gasteiger partial charge is 0.147 e. The van der Waals surface area contributed by atoms with Crippen molar-refractivity contribution in [2.75, 3.05) is 5.88 Å². The van der Waals surface area contributed by atoms with Gasteiger partial charge in [-0.25, -0.2) is 0 Å². The lowest BCUT2D eigenvalue weighted by atomic mass is 10.0. The first-order valence-corrected chi connectivity index (χ1v) is 4.59. The number of aryl methyl sites for hydroxylation is 1. The van der Waals surface area contributed by atoms with E-state index in [0.717, 1.165) is 5.88 Å². The molecule has 0 radical (unpaired) electrons. The van der Waals surface area contributed by atoms with Crippen LogP contribution >= 0.6 is 24.0 Å². The molecule has 1 aliphatic rings. The molecule has 66 valence electrons. The number of rotatable bonds is 1. The van der Waals surface area contributed by atoms with E-state index in [2.05, 4.69) is 24.3 Å². The molecule has 0 aliphatic heterocycles. The SMILES string of the molecule is Cl.ClCC1CCc2ccccc21. The smallest absolute Gasteiger partial charge is 0.0292 e. The lowest BCUT2D eigenvalue weighted by Crippen LogP contribution is -1.93. The van der Waals surface area contributed by atoms with E-state index in [1.165, 1.54) is 24.0 Å². The lowest BCUT2D eigenvalue weighted by molar-refractivity contribution is 0.754. The van der Waals surface area contributed by atoms with E-state index in [0.29, 0.717) is 5.92 Å². The van der Waals surface area contributed by atoms with Crippen LogP contribution in [0.15, 0.2) is 24.3 Å². The molecule has 1 atom stereocenters. The average Bonchev–Trinajstić information content (AvgIpc) is 2.47. The van der Waals surface area contributed by atoms with Gasteiger partial charge in [0.25, 0.3) is 0 Å². The summed E-state index contributed by atoms with van der Waals surface area (Å²) in [6.45, 7) is 0. The third-order valence-corrected chi connectivity index (χ3v) is 2.82. The fourth-order valence-corrected chi connectivity index (χ4v) is 2.13. The number of alkyl halides is 1. The highest BCUT2D eigenvalue weighted by Gasteiger charge is 2.20. The Morgan fingerprint density at radius 1 is 1.33 bits per heavy atom. The molecule has 12 heavy (non-hydrogen) atoms. The summed E-state index contributed by atoms with van der Waals surface area (Å²) >= 11 is 5.84. The molecule has 0 N–H and O–H groups in total. The van der Waals surface area contributed by atoms with Crippen molar-refractivity contribution < 1.29 is 0 Å². The van der Waals surface area contributed by atoms with Crippen LogP contribution in [0, 0.1) is 0 Å². The Morgan fingerprint density at radius 3 is 2.83 bits per heavy atom. The van der Waals surface area contributed by atoms with Gasteiger partial charge in [0.2, 0.25) is 0 Å². The van der Waals surface area contributed by atoms with Crippen molar-refractivity contribution in [1.29, 1.82) is 0 Å². The van der Waals surface area contributed by atoms with E-state index in [1.54, 1.807) is 0 Å². The van der Waals surface area contributed by atoms with Gasteiger partial charge >= 0.3 is 0 Å². The summed E-state index contributed by atoms with van der Waals surface area (Å²) in [5.74, 6) is 1.39. The fraction of sp³-hybridized carbons (Fsp3) is 0.400. The van der Waals surface area contributed by atoms with Gasteiger partial charge in [0, 0.05) is 5.88 Å². The Bertz CT molecular complexity index is 258. The molecule has 0 saturated carbocycles. The molecule has 0 aromatic heterocycles. The van der Waals surface area contributed by atoms with Crippen LogP contribution in [0.2, 0.25) is 0 Å². The summed E-state index contributed by atoms with van der Waals surface area (Å²) in [5.41, 5.74) is 2.97. The zero-order chi connectivity index (χ0) is 7.68. The minimum atomic E-state index is 0. The van der Waals surface area contributed by atoms with E-state index in [1.807, 2.05) is 0 Å². The van der Waals surface area contributed by atoms with Crippen molar-refractivity contribution in [3.63, 3.8) is 0 Å². The summed E-state index contributed by atoms with van der Waals surface area (Å²) < 4.78 is 0. The number of fused-ring (bicyclic) bond motifs is 1. The molecule has 0 saturated heterocycles. The second-order valence-corrected chi connectivity index (χ2v) is 3.40. The topological polar surface area (TPSA) is 0 Å². The molecule has 1 aliphatic carbocycles. The Hall–Kier alpha value is -0.200. The second kappa shape index (κ2) is 4.15. The molecule has 1 aromatic carbocycles. The maximum atomic E-state index is 5.84. The Labute approximate surface area is 84.3 Å². The van der Waals surface area contributed by atoms with Crippen LogP contribution in [-0.2, 0) is 6.42 Å². The standard InChI is InChI=1S/C10H11Cl.ClH/c11-7-9-6-5-8-3-1-2-4-10(8)9;/h1-4,9H,5-7H2;1H. The summed E-state index contributed by atoms with van der Waals surface area (Å²) in [6, 6.07) is 8.62. The molecule has 0 fully saturated rings. The van der Waals surface area contributed by atoms with Gasteiger partial charge in [-0.15, -0.1) is 24.0 Å². The Kier molecular flexibility index (Phi) is 3.42. The van der Waals surface area contributed by atoms with E-state index in [4.69, 9.17) is 11.6 Å². The van der Waals surface area contributed by atoms with Gasteiger partial charge in [-0.1, -0.05) is 24.3 Å². The van der Waals surface area contributed by atoms with Gasteiger partial charge in [-0.3, -0.25) is 0 Å². The first-order chi connectivity index (χ1) is 5.42. The van der Waals surface area contributed by atoms with Crippen LogP contribution in [0.4, 0.5) is 0 Å². The van der Waals surface area contributed by atoms with Crippen LogP contribution in [0.25, 0.3) is 0 Å². The van der Waals surface area contributed by atoms with E-state index in [-0.39, 0.29) is 12.4 Å². The molecule has 1 unspecified atom stereocenters. The molecule has 0 heterocycles. The van der Waals surface area contributed by atoms with E-state index < -0.39 is 0 Å². The number of halogens is 2. The third-order valence-electron chi connectivity index (χ3n) is 2.44. The molecule has 2 heteroatoms. The molecule has 0 spiro atoms. The molecule has 1 aromatic rings. The highest BCUT2D eigenvalue weighted by Crippen LogP contribution is 2.33. The fourth-order valence-electron chi connectivity index (χ4n) is 1.81. The maximum Gasteiger partial charge on any atom is 0.0292 e. The first kappa shape index (κ1) is 9.88. The normalized spacial score (nSPS) is 19.9. The number of hydrogen-bond donors (Lipinski definition) is 0. The van der Waals surface area contributed by atoms with Gasteiger partial charge in [0.05, 0.1) is 0 Å². The molecule has 0 nitrogen and oxygen atoms in total. The maximum absolute atomic E-state index is 5.84. The van der Waals surface area contributed by atoms with Crippen molar-refractivity contribution in [3.8, 4) is 0 Å². The Morgan fingerprint density at radius 2 is 2.08 bits per heavy atom. The van der Waals surface area contributed by atoms with Crippen LogP contribution in [0.5, 0.6) is 0 Å². The Balaban J connectivity index is 0.000000720. The van der Waals surface area contributed by atoms with Crippen molar-refractivity contribution in [2.45, 2.75) is 18.8 Å². The monoisotopic (exact) mass is 202 g/mol. The lowest BCUT2D eigenvalue weighted by Gasteiger charge is -2.04. The predicted octanol–water partition coefficient (Wildman–Crippen LogP) is 3.38. The van der Waals surface area contributed by atoms with Crippen LogP contribution in [0.1, 0.15) is 23.5 Å². The molecule has 2 rings (SSSR count). The zero-order valence-corrected chi connectivity index (χ0v) is 8.37. The molecular formula is C10H12Cl2. The minimum absolute atomic E-state index is 0. The van der Waals surface area contributed by atoms with Crippen LogP contribution < -0.4 is 0 Å². The van der Waals surface area contributed by atoms with E-state index >= 15 is 0 Å². The van der Waals surface area contributed by atoms with Crippen molar-refractivity contribution in [3.05, 3.63) is 35.4 Å². The third kappa shape index (κ3) is 1.60. The minimum Gasteiger partial charge on any atom is -0.147 e. The molecule has 0 bridgehead atoms. The predicted molar refractivity (Wildman–Crippen MR) is 55.5 cm³/mol. The van der Waals surface area contributed by atoms with Crippen LogP contribution in [0.3, 0.4) is 0 Å². The van der Waals surface area contributed by atoms with Crippen molar-refractivity contribution in [1.82, 2.24) is 0 Å². The molecular weight excluding hydrogens is 191 g/mol. The quantitative estimate of drug-likeness (QED) is 0.614. The highest BCUT2D eigenvalue weighted by molar-refractivity contribution is 6.18. The zero-order valence-electron chi connectivity index (χ0n) is 6.79. The van der Waals surface area contributed by atoms with Gasteiger partial charge in [-0.2, -0.15) is 0 Å². The van der Waals surface area contributed by atoms with Gasteiger partial charge in [-0.05, 0) is 29.9 Å². The van der Waals surface area contributed by atoms with E-state index in [9.17, 15) is 0 Å². The van der Waals surface area contributed by atoms with Gasteiger partial charge in [0.15, 0.2) is 0 Å². The second-order valence-electron chi connectivity index (χ2n) is 3.09. The van der Waals surface area contributed by atoms with Gasteiger partial charge in [0.1, 0.15) is 0 Å². The van der Waals surface area contributed by atoms with Crippen molar-refractivity contribution >= 4 is 24.0 Å². The number of benzene rings is 1. The summed E-state index contributed by atoms with van der Waals surface area (Å²) in [5, 5.41) is 0. The van der Waals surface area contributed by atoms with Gasteiger partial charge < -0.3 is 0 Å². The summed E-state index contributed by atoms with van der Waals surface area (Å²) in [4.78, 5) is 0. The average molecular weight is 203 g/mol. The number of hydrogen-bond acceptors (Lipinski definition) is 0. The first-order valence-electron chi connectivity index (χ1n) is 4.05. The molecule has 0 amide bonds. The van der Waals surface area contributed by atoms with Crippen molar-refractivity contribution in [2.24, 2.45) is 0 Å².